The van der Waals surface area contributed by atoms with Gasteiger partial charge in [0.15, 0.2) is 5.65 Å². The largest absolute Gasteiger partial charge is 0.390 e. The molecule has 2 aromatic heterocycles. The number of rotatable bonds is 5. The number of carbonyl (C=O) groups excluding carboxylic acids is 1. The third-order valence-electron chi connectivity index (χ3n) is 2.83. The number of hydrogen-bond donors (Lipinski definition) is 4. The SMILES string of the molecule is CC(=O)NCCC(O)C(O)c1cnc2[nH]ncc2c1. The van der Waals surface area contributed by atoms with Gasteiger partial charge in [-0.1, -0.05) is 0 Å². The van der Waals surface area contributed by atoms with Crippen molar-refractivity contribution in [2.45, 2.75) is 25.6 Å². The van der Waals surface area contributed by atoms with Crippen molar-refractivity contribution in [1.82, 2.24) is 20.5 Å². The van der Waals surface area contributed by atoms with Crippen LogP contribution in [0.3, 0.4) is 0 Å². The van der Waals surface area contributed by atoms with Gasteiger partial charge in [0.25, 0.3) is 0 Å². The average molecular weight is 264 g/mol. The second-order valence-corrected chi connectivity index (χ2v) is 4.36. The van der Waals surface area contributed by atoms with E-state index >= 15 is 0 Å². The van der Waals surface area contributed by atoms with E-state index in [0.717, 1.165) is 5.39 Å². The minimum atomic E-state index is -1.04. The van der Waals surface area contributed by atoms with Crippen LogP contribution in [0, 0.1) is 0 Å². The molecule has 2 atom stereocenters. The molecular weight excluding hydrogens is 248 g/mol. The van der Waals surface area contributed by atoms with Gasteiger partial charge < -0.3 is 15.5 Å². The fourth-order valence-corrected chi connectivity index (χ4v) is 1.79. The Morgan fingerprint density at radius 1 is 1.47 bits per heavy atom. The molecule has 7 nitrogen and oxygen atoms in total. The maximum atomic E-state index is 10.7. The summed E-state index contributed by atoms with van der Waals surface area (Å²) in [7, 11) is 0. The molecule has 2 unspecified atom stereocenters. The summed E-state index contributed by atoms with van der Waals surface area (Å²) >= 11 is 0. The Labute approximate surface area is 109 Å². The highest BCUT2D eigenvalue weighted by atomic mass is 16.3. The minimum absolute atomic E-state index is 0.164. The van der Waals surface area contributed by atoms with Crippen LogP contribution < -0.4 is 5.32 Å². The quantitative estimate of drug-likeness (QED) is 0.601. The van der Waals surface area contributed by atoms with Gasteiger partial charge in [0.2, 0.25) is 5.91 Å². The molecule has 2 aromatic rings. The number of aliphatic hydroxyl groups excluding tert-OH is 2. The van der Waals surface area contributed by atoms with E-state index in [1.165, 1.54) is 13.1 Å². The number of nitrogens with zero attached hydrogens (tertiary/aromatic N) is 2. The number of hydrogen-bond acceptors (Lipinski definition) is 5. The molecule has 0 saturated heterocycles. The number of aromatic amines is 1. The number of aliphatic hydroxyl groups is 2. The van der Waals surface area contributed by atoms with Crippen LogP contribution in [0.2, 0.25) is 0 Å². The number of amides is 1. The summed E-state index contributed by atoms with van der Waals surface area (Å²) in [4.78, 5) is 14.8. The fraction of sp³-hybridized carbons (Fsp3) is 0.417. The van der Waals surface area contributed by atoms with Crippen molar-refractivity contribution in [2.75, 3.05) is 6.54 Å². The van der Waals surface area contributed by atoms with E-state index in [0.29, 0.717) is 17.8 Å². The van der Waals surface area contributed by atoms with E-state index in [1.807, 2.05) is 0 Å². The summed E-state index contributed by atoms with van der Waals surface area (Å²) in [5.41, 5.74) is 1.15. The Kier molecular flexibility index (Phi) is 4.08. The van der Waals surface area contributed by atoms with E-state index in [-0.39, 0.29) is 12.3 Å². The molecule has 2 rings (SSSR count). The first kappa shape index (κ1) is 13.4. The molecule has 0 radical (unpaired) electrons. The Bertz CT molecular complexity index is 569. The van der Waals surface area contributed by atoms with Crippen molar-refractivity contribution in [3.05, 3.63) is 24.0 Å². The van der Waals surface area contributed by atoms with Crippen LogP contribution in [-0.2, 0) is 4.79 Å². The van der Waals surface area contributed by atoms with Gasteiger partial charge in [0.05, 0.1) is 12.3 Å². The Hall–Kier alpha value is -1.99. The van der Waals surface area contributed by atoms with Crippen LogP contribution in [0.25, 0.3) is 11.0 Å². The highest BCUT2D eigenvalue weighted by molar-refractivity contribution is 5.74. The number of nitrogens with one attached hydrogen (secondary N) is 2. The van der Waals surface area contributed by atoms with Gasteiger partial charge in [-0.25, -0.2) is 4.98 Å². The highest BCUT2D eigenvalue weighted by Crippen LogP contribution is 2.20. The van der Waals surface area contributed by atoms with Crippen LogP contribution in [0.1, 0.15) is 25.0 Å². The predicted octanol–water partition coefficient (Wildman–Crippen LogP) is -0.122. The van der Waals surface area contributed by atoms with E-state index in [1.54, 1.807) is 12.3 Å². The molecule has 7 heteroatoms. The van der Waals surface area contributed by atoms with Crippen LogP contribution in [0.15, 0.2) is 18.5 Å². The summed E-state index contributed by atoms with van der Waals surface area (Å²) in [5, 5.41) is 29.8. The molecule has 1 amide bonds. The van der Waals surface area contributed by atoms with Gasteiger partial charge in [-0.05, 0) is 12.5 Å². The lowest BCUT2D eigenvalue weighted by Gasteiger charge is -2.17. The van der Waals surface area contributed by atoms with E-state index in [2.05, 4.69) is 20.5 Å². The van der Waals surface area contributed by atoms with Crippen LogP contribution in [0.4, 0.5) is 0 Å². The molecule has 0 aliphatic heterocycles. The Morgan fingerprint density at radius 3 is 3.00 bits per heavy atom. The number of carbonyl (C=O) groups is 1. The molecule has 0 aliphatic carbocycles. The first-order valence-corrected chi connectivity index (χ1v) is 5.97. The zero-order chi connectivity index (χ0) is 13.8. The summed E-state index contributed by atoms with van der Waals surface area (Å²) in [5.74, 6) is -0.164. The number of pyridine rings is 1. The van der Waals surface area contributed by atoms with Crippen molar-refractivity contribution < 1.29 is 15.0 Å². The molecule has 0 aromatic carbocycles. The molecule has 19 heavy (non-hydrogen) atoms. The van der Waals surface area contributed by atoms with E-state index < -0.39 is 12.2 Å². The third kappa shape index (κ3) is 3.27. The summed E-state index contributed by atoms with van der Waals surface area (Å²) in [6.45, 7) is 1.72. The average Bonchev–Trinajstić information content (AvgIpc) is 2.84. The Morgan fingerprint density at radius 2 is 2.26 bits per heavy atom. The van der Waals surface area contributed by atoms with E-state index in [4.69, 9.17) is 0 Å². The topological polar surface area (TPSA) is 111 Å². The summed E-state index contributed by atoms with van der Waals surface area (Å²) in [6.07, 6.45) is 1.36. The minimum Gasteiger partial charge on any atom is -0.390 e. The van der Waals surface area contributed by atoms with Crippen molar-refractivity contribution in [1.29, 1.82) is 0 Å². The van der Waals surface area contributed by atoms with Gasteiger partial charge in [-0.15, -0.1) is 0 Å². The smallest absolute Gasteiger partial charge is 0.216 e. The van der Waals surface area contributed by atoms with Crippen LogP contribution in [0.5, 0.6) is 0 Å². The Balaban J connectivity index is 2.01. The molecule has 4 N–H and O–H groups in total. The number of H-pyrrole nitrogens is 1. The molecule has 2 heterocycles. The van der Waals surface area contributed by atoms with Gasteiger partial charge >= 0.3 is 0 Å². The van der Waals surface area contributed by atoms with Crippen molar-refractivity contribution in [3.63, 3.8) is 0 Å². The van der Waals surface area contributed by atoms with Gasteiger partial charge in [-0.3, -0.25) is 9.89 Å². The predicted molar refractivity (Wildman–Crippen MR) is 68.2 cm³/mol. The lowest BCUT2D eigenvalue weighted by atomic mass is 10.0. The monoisotopic (exact) mass is 264 g/mol. The summed E-state index contributed by atoms with van der Waals surface area (Å²) < 4.78 is 0. The standard InChI is InChI=1S/C12H16N4O3/c1-7(17)13-3-2-10(18)11(19)8-4-9-6-15-16-12(9)14-5-8/h4-6,10-11,18-19H,2-3H2,1H3,(H,13,17)(H,14,15,16). The van der Waals surface area contributed by atoms with Gasteiger partial charge in [-0.2, -0.15) is 5.10 Å². The molecule has 102 valence electrons. The molecule has 0 bridgehead atoms. The van der Waals surface area contributed by atoms with Crippen molar-refractivity contribution >= 4 is 16.9 Å². The molecule has 0 saturated carbocycles. The zero-order valence-electron chi connectivity index (χ0n) is 10.5. The van der Waals surface area contributed by atoms with Crippen LogP contribution >= 0.6 is 0 Å². The van der Waals surface area contributed by atoms with Gasteiger partial charge in [0, 0.05) is 30.6 Å². The summed E-state index contributed by atoms with van der Waals surface area (Å²) in [6, 6.07) is 1.72. The normalized spacial score (nSPS) is 14.3. The van der Waals surface area contributed by atoms with Crippen molar-refractivity contribution in [3.8, 4) is 0 Å². The fourth-order valence-electron chi connectivity index (χ4n) is 1.79. The zero-order valence-corrected chi connectivity index (χ0v) is 10.5. The second kappa shape index (κ2) is 5.77. The number of aromatic nitrogens is 3. The first-order chi connectivity index (χ1) is 9.08. The lowest BCUT2D eigenvalue weighted by Crippen LogP contribution is -2.27. The molecular formula is C12H16N4O3. The second-order valence-electron chi connectivity index (χ2n) is 4.36. The third-order valence-corrected chi connectivity index (χ3v) is 2.83. The van der Waals surface area contributed by atoms with Crippen molar-refractivity contribution in [2.24, 2.45) is 0 Å². The van der Waals surface area contributed by atoms with E-state index in [9.17, 15) is 15.0 Å². The van der Waals surface area contributed by atoms with Gasteiger partial charge in [0.1, 0.15) is 6.10 Å². The lowest BCUT2D eigenvalue weighted by molar-refractivity contribution is -0.119. The van der Waals surface area contributed by atoms with Crippen LogP contribution in [-0.4, -0.2) is 44.0 Å². The maximum absolute atomic E-state index is 10.7. The maximum Gasteiger partial charge on any atom is 0.216 e. The number of fused-ring (bicyclic) bond motifs is 1. The first-order valence-electron chi connectivity index (χ1n) is 5.97. The molecule has 0 spiro atoms. The molecule has 0 aliphatic rings. The highest BCUT2D eigenvalue weighted by Gasteiger charge is 2.19. The molecule has 0 fully saturated rings.